The summed E-state index contributed by atoms with van der Waals surface area (Å²) < 4.78 is 16.5. The largest absolute Gasteiger partial charge is 0.453 e. The first-order valence-electron chi connectivity index (χ1n) is 13.0. The maximum atomic E-state index is 13.1. The lowest BCUT2D eigenvalue weighted by Gasteiger charge is -2.37. The van der Waals surface area contributed by atoms with E-state index in [9.17, 15) is 9.59 Å². The number of rotatable bonds is 11. The van der Waals surface area contributed by atoms with Gasteiger partial charge in [0.05, 0.1) is 19.8 Å². The minimum Gasteiger partial charge on any atom is -0.453 e. The molecule has 0 aliphatic carbocycles. The van der Waals surface area contributed by atoms with Crippen molar-refractivity contribution in [2.24, 2.45) is 11.8 Å². The molecule has 2 heterocycles. The van der Waals surface area contributed by atoms with Crippen molar-refractivity contribution in [2.75, 3.05) is 60.2 Å². The van der Waals surface area contributed by atoms with E-state index in [1.54, 1.807) is 0 Å². The van der Waals surface area contributed by atoms with E-state index < -0.39 is 6.09 Å². The van der Waals surface area contributed by atoms with Crippen molar-refractivity contribution in [3.05, 3.63) is 34.9 Å². The normalized spacial score (nSPS) is 21.9. The number of hydrogen-bond donors (Lipinski definition) is 3. The lowest BCUT2D eigenvalue weighted by molar-refractivity contribution is -0.00851. The molecule has 3 N–H and O–H groups in total. The zero-order chi connectivity index (χ0) is 25.8. The van der Waals surface area contributed by atoms with E-state index in [1.807, 2.05) is 36.2 Å². The number of ether oxygens (including phenoxy) is 3. The molecule has 0 bridgehead atoms. The number of likely N-dealkylation sites (tertiary alicyclic amines) is 1. The molecule has 0 radical (unpaired) electrons. The number of nitrogens with zero attached hydrogens (tertiary/aromatic N) is 1. The number of carbonyl (C=O) groups is 2. The van der Waals surface area contributed by atoms with Crippen LogP contribution in [0.1, 0.15) is 43.8 Å². The van der Waals surface area contributed by atoms with Crippen LogP contribution >= 0.6 is 11.6 Å². The van der Waals surface area contributed by atoms with E-state index in [0.29, 0.717) is 37.2 Å². The van der Waals surface area contributed by atoms with Crippen LogP contribution in [-0.2, 0) is 14.2 Å². The van der Waals surface area contributed by atoms with Crippen LogP contribution in [0.4, 0.5) is 9.59 Å². The second-order valence-corrected chi connectivity index (χ2v) is 10.0. The summed E-state index contributed by atoms with van der Waals surface area (Å²) in [6, 6.07) is 7.81. The van der Waals surface area contributed by atoms with E-state index in [4.69, 9.17) is 21.1 Å². The first-order chi connectivity index (χ1) is 17.5. The highest BCUT2D eigenvalue weighted by molar-refractivity contribution is 6.30. The van der Waals surface area contributed by atoms with Gasteiger partial charge in [0.15, 0.2) is 0 Å². The number of amides is 3. The van der Waals surface area contributed by atoms with Crippen molar-refractivity contribution < 1.29 is 23.8 Å². The number of urea groups is 1. The summed E-state index contributed by atoms with van der Waals surface area (Å²) in [4.78, 5) is 26.3. The molecule has 4 atom stereocenters. The number of hydrogen-bond acceptors (Lipinski definition) is 6. The van der Waals surface area contributed by atoms with Crippen LogP contribution in [0, 0.1) is 11.8 Å². The Labute approximate surface area is 219 Å². The third-order valence-corrected chi connectivity index (χ3v) is 7.22. The highest BCUT2D eigenvalue weighted by Crippen LogP contribution is 2.34. The van der Waals surface area contributed by atoms with Gasteiger partial charge in [-0.05, 0) is 62.8 Å². The van der Waals surface area contributed by atoms with Gasteiger partial charge in [-0.2, -0.15) is 0 Å². The summed E-state index contributed by atoms with van der Waals surface area (Å²) in [7, 11) is 3.27. The van der Waals surface area contributed by atoms with E-state index in [2.05, 4.69) is 20.7 Å². The lowest BCUT2D eigenvalue weighted by atomic mass is 9.88. The minimum absolute atomic E-state index is 0.0444. The SMILES string of the molecule is CN[C@@H](CNC(=O)N1CCC[C@@H](C(OCCNC(=O)OC)c2cccc(Cl)c2)C1)C[C@H]1CCCOC1. The first kappa shape index (κ1) is 28.5. The average molecular weight is 525 g/mol. The molecule has 3 amide bonds. The summed E-state index contributed by atoms with van der Waals surface area (Å²) in [5.41, 5.74) is 0.970. The molecule has 2 saturated heterocycles. The minimum atomic E-state index is -0.491. The number of benzene rings is 1. The van der Waals surface area contributed by atoms with Crippen LogP contribution < -0.4 is 16.0 Å². The second-order valence-electron chi connectivity index (χ2n) is 9.60. The Morgan fingerprint density at radius 2 is 2.11 bits per heavy atom. The molecule has 1 unspecified atom stereocenters. The Hall–Kier alpha value is -2.07. The topological polar surface area (TPSA) is 101 Å². The molecule has 202 valence electrons. The molecule has 36 heavy (non-hydrogen) atoms. The Kier molecular flexibility index (Phi) is 12.1. The zero-order valence-electron chi connectivity index (χ0n) is 21.5. The van der Waals surface area contributed by atoms with Gasteiger partial charge >= 0.3 is 12.1 Å². The van der Waals surface area contributed by atoms with Crippen LogP contribution in [0.15, 0.2) is 24.3 Å². The van der Waals surface area contributed by atoms with Crippen molar-refractivity contribution in [1.82, 2.24) is 20.9 Å². The molecule has 0 spiro atoms. The molecule has 1 aromatic carbocycles. The van der Waals surface area contributed by atoms with Crippen molar-refractivity contribution in [2.45, 2.75) is 44.2 Å². The number of likely N-dealkylation sites (N-methyl/N-ethyl adjacent to an activating group) is 1. The number of halogens is 1. The number of methoxy groups -OCH3 is 1. The Morgan fingerprint density at radius 3 is 2.83 bits per heavy atom. The Morgan fingerprint density at radius 1 is 1.25 bits per heavy atom. The van der Waals surface area contributed by atoms with E-state index in [-0.39, 0.29) is 24.1 Å². The fourth-order valence-electron chi connectivity index (χ4n) is 5.06. The van der Waals surface area contributed by atoms with E-state index in [0.717, 1.165) is 51.0 Å². The van der Waals surface area contributed by atoms with Crippen LogP contribution in [0.2, 0.25) is 5.02 Å². The third kappa shape index (κ3) is 9.10. The molecule has 1 aromatic rings. The molecule has 3 rings (SSSR count). The molecule has 0 aromatic heterocycles. The van der Waals surface area contributed by atoms with Gasteiger partial charge in [-0.25, -0.2) is 9.59 Å². The summed E-state index contributed by atoms with van der Waals surface area (Å²) in [5, 5.41) is 9.76. The fourth-order valence-corrected chi connectivity index (χ4v) is 5.26. The number of alkyl carbamates (subject to hydrolysis) is 1. The Bertz CT molecular complexity index is 823. The average Bonchev–Trinajstić information content (AvgIpc) is 2.91. The monoisotopic (exact) mass is 524 g/mol. The summed E-state index contributed by atoms with van der Waals surface area (Å²) >= 11 is 6.27. The van der Waals surface area contributed by atoms with Gasteiger partial charge in [-0.3, -0.25) is 0 Å². The number of nitrogens with one attached hydrogen (secondary N) is 3. The molecule has 9 nitrogen and oxygen atoms in total. The van der Waals surface area contributed by atoms with Gasteiger partial charge in [0.2, 0.25) is 0 Å². The standard InChI is InChI=1S/C26H41ClN4O5/c1-28-23(14-19-6-5-12-35-18-19)16-30-25(32)31-11-4-8-21(17-31)24(20-7-3-9-22(27)15-20)36-13-10-29-26(33)34-2/h3,7,9,15,19,21,23-24,28H,4-6,8,10-14,16-18H2,1-2H3,(H,29,33)(H,30,32)/t19-,21-,23-,24?/m1/s1. The molecule has 10 heteroatoms. The zero-order valence-corrected chi connectivity index (χ0v) is 22.2. The molecule has 0 saturated carbocycles. The van der Waals surface area contributed by atoms with Gasteiger partial charge in [-0.1, -0.05) is 23.7 Å². The lowest BCUT2D eigenvalue weighted by Crippen LogP contribution is -2.50. The van der Waals surface area contributed by atoms with Gasteiger partial charge in [-0.15, -0.1) is 0 Å². The van der Waals surface area contributed by atoms with E-state index in [1.165, 1.54) is 13.5 Å². The van der Waals surface area contributed by atoms with Crippen LogP contribution in [0.5, 0.6) is 0 Å². The predicted molar refractivity (Wildman–Crippen MR) is 139 cm³/mol. The molecule has 2 fully saturated rings. The van der Waals surface area contributed by atoms with Gasteiger partial charge in [0.1, 0.15) is 0 Å². The number of carbonyl (C=O) groups excluding carboxylic acids is 2. The van der Waals surface area contributed by atoms with Crippen molar-refractivity contribution in [3.63, 3.8) is 0 Å². The molecule has 2 aliphatic rings. The van der Waals surface area contributed by atoms with Gasteiger partial charge < -0.3 is 35.1 Å². The first-order valence-corrected chi connectivity index (χ1v) is 13.3. The van der Waals surface area contributed by atoms with Gasteiger partial charge in [0.25, 0.3) is 0 Å². The highest BCUT2D eigenvalue weighted by atomic mass is 35.5. The van der Waals surface area contributed by atoms with Crippen LogP contribution in [0.3, 0.4) is 0 Å². The maximum Gasteiger partial charge on any atom is 0.406 e. The van der Waals surface area contributed by atoms with E-state index >= 15 is 0 Å². The Balaban J connectivity index is 1.56. The van der Waals surface area contributed by atoms with Crippen LogP contribution in [-0.4, -0.2) is 83.2 Å². The van der Waals surface area contributed by atoms with Crippen molar-refractivity contribution in [1.29, 1.82) is 0 Å². The van der Waals surface area contributed by atoms with Crippen molar-refractivity contribution >= 4 is 23.7 Å². The summed E-state index contributed by atoms with van der Waals surface area (Å²) in [6.45, 7) is 4.21. The predicted octanol–water partition coefficient (Wildman–Crippen LogP) is 3.58. The van der Waals surface area contributed by atoms with Crippen molar-refractivity contribution in [3.8, 4) is 0 Å². The number of piperidine rings is 1. The summed E-state index contributed by atoms with van der Waals surface area (Å²) in [5.74, 6) is 0.650. The molecular weight excluding hydrogens is 484 g/mol. The quantitative estimate of drug-likeness (QED) is 0.382. The molecule has 2 aliphatic heterocycles. The molecular formula is C26H41ClN4O5. The fraction of sp³-hybridized carbons (Fsp3) is 0.692. The highest BCUT2D eigenvalue weighted by Gasteiger charge is 2.31. The summed E-state index contributed by atoms with van der Waals surface area (Å²) in [6.07, 6.45) is 4.38. The second kappa shape index (κ2) is 15.2. The smallest absolute Gasteiger partial charge is 0.406 e. The van der Waals surface area contributed by atoms with Gasteiger partial charge in [0, 0.05) is 56.4 Å². The maximum absolute atomic E-state index is 13.1. The van der Waals surface area contributed by atoms with Crippen LogP contribution in [0.25, 0.3) is 0 Å². The third-order valence-electron chi connectivity index (χ3n) is 6.99.